The zero-order valence-corrected chi connectivity index (χ0v) is 9.87. The third-order valence-electron chi connectivity index (χ3n) is 2.52. The largest absolute Gasteiger partial charge is 0.289 e. The summed E-state index contributed by atoms with van der Waals surface area (Å²) in [6.07, 6.45) is 0. The van der Waals surface area contributed by atoms with Crippen LogP contribution in [0.3, 0.4) is 0 Å². The Labute approximate surface area is 101 Å². The predicted molar refractivity (Wildman–Crippen MR) is 68.3 cm³/mol. The van der Waals surface area contributed by atoms with E-state index in [1.165, 1.54) is 0 Å². The highest BCUT2D eigenvalue weighted by Crippen LogP contribution is 2.21. The molecule has 16 heavy (non-hydrogen) atoms. The number of hydrogen-bond donors (Lipinski definition) is 1. The molecule has 0 N–H and O–H groups in total. The maximum Gasteiger partial charge on any atom is 0.194 e. The summed E-state index contributed by atoms with van der Waals surface area (Å²) in [4.78, 5) is 12.9. The van der Waals surface area contributed by atoms with E-state index in [-0.39, 0.29) is 5.78 Å². The van der Waals surface area contributed by atoms with Gasteiger partial charge in [0, 0.05) is 16.0 Å². The minimum Gasteiger partial charge on any atom is -0.289 e. The van der Waals surface area contributed by atoms with Crippen LogP contribution in [-0.4, -0.2) is 5.78 Å². The molecule has 0 aromatic heterocycles. The fraction of sp³-hybridized carbons (Fsp3) is 0.0714. The molecule has 0 amide bonds. The molecule has 0 saturated heterocycles. The molecule has 0 radical (unpaired) electrons. The van der Waals surface area contributed by atoms with Crippen LogP contribution in [0.2, 0.25) is 0 Å². The molecule has 0 atom stereocenters. The number of rotatable bonds is 2. The van der Waals surface area contributed by atoms with E-state index in [0.29, 0.717) is 11.1 Å². The van der Waals surface area contributed by atoms with Crippen molar-refractivity contribution in [1.29, 1.82) is 0 Å². The summed E-state index contributed by atoms with van der Waals surface area (Å²) >= 11 is 4.38. The number of aryl methyl sites for hydroxylation is 1. The molecule has 2 rings (SSSR count). The quantitative estimate of drug-likeness (QED) is 0.615. The van der Waals surface area contributed by atoms with Crippen LogP contribution >= 0.6 is 12.6 Å². The molecule has 2 aromatic rings. The molecule has 0 aliphatic rings. The first kappa shape index (κ1) is 11.0. The number of thiol groups is 1. The van der Waals surface area contributed by atoms with Gasteiger partial charge in [-0.25, -0.2) is 0 Å². The number of carbonyl (C=O) groups is 1. The van der Waals surface area contributed by atoms with Crippen molar-refractivity contribution in [3.63, 3.8) is 0 Å². The standard InChI is InChI=1S/C14H12OS/c1-10-6-5-9-12(14(10)16)13(15)11-7-3-2-4-8-11/h2-9,16H,1H3. The zero-order valence-electron chi connectivity index (χ0n) is 8.97. The van der Waals surface area contributed by atoms with Crippen molar-refractivity contribution in [2.75, 3.05) is 0 Å². The Hall–Kier alpha value is -1.54. The summed E-state index contributed by atoms with van der Waals surface area (Å²) in [7, 11) is 0. The molecule has 0 unspecified atom stereocenters. The highest BCUT2D eigenvalue weighted by atomic mass is 32.1. The van der Waals surface area contributed by atoms with Gasteiger partial charge in [-0.1, -0.05) is 42.5 Å². The Morgan fingerprint density at radius 2 is 1.69 bits per heavy atom. The second-order valence-corrected chi connectivity index (χ2v) is 4.11. The Morgan fingerprint density at radius 3 is 2.38 bits per heavy atom. The Balaban J connectivity index is 2.46. The summed E-state index contributed by atoms with van der Waals surface area (Å²) < 4.78 is 0. The van der Waals surface area contributed by atoms with Crippen LogP contribution in [0, 0.1) is 6.92 Å². The minimum absolute atomic E-state index is 0.0225. The lowest BCUT2D eigenvalue weighted by Crippen LogP contribution is -2.02. The molecule has 2 aromatic carbocycles. The van der Waals surface area contributed by atoms with Crippen molar-refractivity contribution >= 4 is 18.4 Å². The van der Waals surface area contributed by atoms with E-state index in [1.54, 1.807) is 0 Å². The average Bonchev–Trinajstić information content (AvgIpc) is 2.33. The fourth-order valence-electron chi connectivity index (χ4n) is 1.59. The van der Waals surface area contributed by atoms with Crippen LogP contribution in [0.15, 0.2) is 53.4 Å². The van der Waals surface area contributed by atoms with E-state index in [1.807, 2.05) is 55.5 Å². The molecule has 80 valence electrons. The first-order chi connectivity index (χ1) is 7.70. The monoisotopic (exact) mass is 228 g/mol. The van der Waals surface area contributed by atoms with Gasteiger partial charge in [-0.2, -0.15) is 0 Å². The second-order valence-electron chi connectivity index (χ2n) is 3.67. The zero-order chi connectivity index (χ0) is 11.5. The molecular weight excluding hydrogens is 216 g/mol. The van der Waals surface area contributed by atoms with Gasteiger partial charge in [0.15, 0.2) is 5.78 Å². The van der Waals surface area contributed by atoms with Gasteiger partial charge in [0.25, 0.3) is 0 Å². The third-order valence-corrected chi connectivity index (χ3v) is 3.11. The van der Waals surface area contributed by atoms with E-state index >= 15 is 0 Å². The molecule has 0 fully saturated rings. The smallest absolute Gasteiger partial charge is 0.194 e. The summed E-state index contributed by atoms with van der Waals surface area (Å²) in [5.74, 6) is 0.0225. The van der Waals surface area contributed by atoms with Gasteiger partial charge in [0.1, 0.15) is 0 Å². The molecule has 0 saturated carbocycles. The molecule has 0 bridgehead atoms. The van der Waals surface area contributed by atoms with Crippen molar-refractivity contribution in [2.24, 2.45) is 0 Å². The van der Waals surface area contributed by atoms with E-state index in [4.69, 9.17) is 0 Å². The highest BCUT2D eigenvalue weighted by molar-refractivity contribution is 7.80. The van der Waals surface area contributed by atoms with Crippen LogP contribution in [0.25, 0.3) is 0 Å². The van der Waals surface area contributed by atoms with E-state index in [2.05, 4.69) is 12.6 Å². The average molecular weight is 228 g/mol. The van der Waals surface area contributed by atoms with Crippen LogP contribution in [0.4, 0.5) is 0 Å². The van der Waals surface area contributed by atoms with Crippen molar-refractivity contribution in [3.8, 4) is 0 Å². The Bertz CT molecular complexity index is 518. The summed E-state index contributed by atoms with van der Waals surface area (Å²) in [5.41, 5.74) is 2.38. The first-order valence-electron chi connectivity index (χ1n) is 5.08. The second kappa shape index (κ2) is 4.54. The van der Waals surface area contributed by atoms with Crippen LogP contribution < -0.4 is 0 Å². The highest BCUT2D eigenvalue weighted by Gasteiger charge is 2.12. The maximum atomic E-state index is 12.2. The van der Waals surface area contributed by atoms with Gasteiger partial charge in [-0.05, 0) is 18.6 Å². The van der Waals surface area contributed by atoms with Crippen molar-refractivity contribution in [2.45, 2.75) is 11.8 Å². The van der Waals surface area contributed by atoms with E-state index < -0.39 is 0 Å². The lowest BCUT2D eigenvalue weighted by molar-refractivity contribution is 0.103. The molecule has 0 heterocycles. The molecule has 0 aliphatic carbocycles. The lowest BCUT2D eigenvalue weighted by Gasteiger charge is -2.06. The topological polar surface area (TPSA) is 17.1 Å². The van der Waals surface area contributed by atoms with Crippen molar-refractivity contribution < 1.29 is 4.79 Å². The van der Waals surface area contributed by atoms with Gasteiger partial charge < -0.3 is 0 Å². The van der Waals surface area contributed by atoms with Crippen molar-refractivity contribution in [1.82, 2.24) is 0 Å². The van der Waals surface area contributed by atoms with Crippen LogP contribution in [0.1, 0.15) is 21.5 Å². The van der Waals surface area contributed by atoms with Crippen molar-refractivity contribution in [3.05, 3.63) is 65.2 Å². The van der Waals surface area contributed by atoms with Crippen LogP contribution in [0.5, 0.6) is 0 Å². The molecule has 0 aliphatic heterocycles. The Kier molecular flexibility index (Phi) is 3.11. The third kappa shape index (κ3) is 2.02. The minimum atomic E-state index is 0.0225. The number of ketones is 1. The summed E-state index contributed by atoms with van der Waals surface area (Å²) in [5, 5.41) is 0. The van der Waals surface area contributed by atoms with Gasteiger partial charge in [-0.3, -0.25) is 4.79 Å². The van der Waals surface area contributed by atoms with Gasteiger partial charge in [0.05, 0.1) is 0 Å². The Morgan fingerprint density at radius 1 is 1.00 bits per heavy atom. The summed E-state index contributed by atoms with van der Waals surface area (Å²) in [6, 6.07) is 14.9. The SMILES string of the molecule is Cc1cccc(C(=O)c2ccccc2)c1S. The maximum absolute atomic E-state index is 12.2. The normalized spacial score (nSPS) is 10.1. The fourth-order valence-corrected chi connectivity index (χ4v) is 1.84. The number of carbonyl (C=O) groups excluding carboxylic acids is 1. The summed E-state index contributed by atoms with van der Waals surface area (Å²) in [6.45, 7) is 1.95. The van der Waals surface area contributed by atoms with Crippen LogP contribution in [-0.2, 0) is 0 Å². The molecule has 2 heteroatoms. The molecule has 0 spiro atoms. The van der Waals surface area contributed by atoms with Gasteiger partial charge in [-0.15, -0.1) is 12.6 Å². The molecular formula is C14H12OS. The van der Waals surface area contributed by atoms with Gasteiger partial charge in [0.2, 0.25) is 0 Å². The number of hydrogen-bond acceptors (Lipinski definition) is 2. The molecule has 1 nitrogen and oxygen atoms in total. The van der Waals surface area contributed by atoms with Gasteiger partial charge >= 0.3 is 0 Å². The van der Waals surface area contributed by atoms with E-state index in [0.717, 1.165) is 10.5 Å². The number of benzene rings is 2. The first-order valence-corrected chi connectivity index (χ1v) is 5.53. The predicted octanol–water partition coefficient (Wildman–Crippen LogP) is 3.51. The van der Waals surface area contributed by atoms with E-state index in [9.17, 15) is 4.79 Å². The lowest BCUT2D eigenvalue weighted by atomic mass is 10.0.